The molecule has 0 fully saturated rings. The van der Waals surface area contributed by atoms with E-state index in [0.29, 0.717) is 16.7 Å². The smallest absolute Gasteiger partial charge is 0.152 e. The zero-order chi connectivity index (χ0) is 15.9. The second-order valence-electron chi connectivity index (χ2n) is 5.14. The Morgan fingerprint density at radius 1 is 1.14 bits per heavy atom. The van der Waals surface area contributed by atoms with Gasteiger partial charge in [0.25, 0.3) is 0 Å². The second-order valence-corrected chi connectivity index (χ2v) is 6.52. The zero-order valence-electron chi connectivity index (χ0n) is 12.1. The number of halogens is 2. The van der Waals surface area contributed by atoms with Crippen molar-refractivity contribution in [3.8, 4) is 0 Å². The number of allylic oxidation sites excluding steroid dienone is 2. The molecule has 0 aromatic heterocycles. The van der Waals surface area contributed by atoms with E-state index in [1.54, 1.807) is 18.4 Å². The van der Waals surface area contributed by atoms with Gasteiger partial charge in [-0.2, -0.15) is 0 Å². The van der Waals surface area contributed by atoms with Gasteiger partial charge in [0, 0.05) is 11.6 Å². The summed E-state index contributed by atoms with van der Waals surface area (Å²) in [4.78, 5) is 0.737. The third-order valence-electron chi connectivity index (χ3n) is 3.57. The summed E-state index contributed by atoms with van der Waals surface area (Å²) in [5, 5.41) is 0. The monoisotopic (exact) mass is 315 g/mol. The minimum Gasteiger partial charge on any atom is -0.612 e. The Hall–Kier alpha value is -1.91. The first-order valence-corrected chi connectivity index (χ1v) is 8.27. The third kappa shape index (κ3) is 2.72. The van der Waals surface area contributed by atoms with E-state index in [9.17, 15) is 13.3 Å². The van der Waals surface area contributed by atoms with Crippen LogP contribution in [-0.4, -0.2) is 10.8 Å². The maximum atomic E-state index is 14.1. The van der Waals surface area contributed by atoms with Gasteiger partial charge in [0.1, 0.15) is 17.9 Å². The van der Waals surface area contributed by atoms with E-state index in [4.69, 9.17) is 0 Å². The molecule has 1 aliphatic carbocycles. The summed E-state index contributed by atoms with van der Waals surface area (Å²) in [6.45, 7) is 1.82. The van der Waals surface area contributed by atoms with E-state index in [0.717, 1.165) is 22.1 Å². The third-order valence-corrected chi connectivity index (χ3v) is 4.51. The summed E-state index contributed by atoms with van der Waals surface area (Å²) in [6, 6.07) is 9.39. The van der Waals surface area contributed by atoms with Crippen molar-refractivity contribution in [1.29, 1.82) is 0 Å². The van der Waals surface area contributed by atoms with Crippen LogP contribution in [0.25, 0.3) is 11.6 Å². The van der Waals surface area contributed by atoms with E-state index in [2.05, 4.69) is 6.08 Å². The second kappa shape index (κ2) is 5.71. The van der Waals surface area contributed by atoms with E-state index in [-0.39, 0.29) is 0 Å². The molecule has 1 aliphatic rings. The predicted octanol–water partition coefficient (Wildman–Crippen LogP) is 4.35. The molecule has 0 bridgehead atoms. The van der Waals surface area contributed by atoms with Crippen LogP contribution in [-0.2, 0) is 11.2 Å². The molecule has 0 spiro atoms. The quantitative estimate of drug-likeness (QED) is 0.755. The Bertz CT molecular complexity index is 789. The van der Waals surface area contributed by atoms with Crippen molar-refractivity contribution in [3.05, 3.63) is 76.4 Å². The van der Waals surface area contributed by atoms with Crippen LogP contribution in [0, 0.1) is 17.7 Å². The molecule has 1 radical (unpaired) electrons. The fraction of sp³-hybridized carbons (Fsp3) is 0.111. The molecular weight excluding hydrogens is 302 g/mol. The normalized spacial score (nSPS) is 16.6. The molecule has 0 saturated carbocycles. The van der Waals surface area contributed by atoms with Crippen LogP contribution in [0.3, 0.4) is 0 Å². The van der Waals surface area contributed by atoms with E-state index >= 15 is 0 Å². The molecular formula is C18H13F2OS. The van der Waals surface area contributed by atoms with E-state index in [1.807, 2.05) is 25.1 Å². The molecule has 3 rings (SSSR count). The summed E-state index contributed by atoms with van der Waals surface area (Å²) in [7, 11) is 0. The van der Waals surface area contributed by atoms with Crippen molar-refractivity contribution in [3.63, 3.8) is 0 Å². The number of rotatable bonds is 2. The molecule has 22 heavy (non-hydrogen) atoms. The highest BCUT2D eigenvalue weighted by Gasteiger charge is 2.21. The lowest BCUT2D eigenvalue weighted by Crippen LogP contribution is -1.96. The Labute approximate surface area is 131 Å². The van der Waals surface area contributed by atoms with Gasteiger partial charge in [0.05, 0.1) is 0 Å². The molecule has 4 heteroatoms. The molecule has 0 amide bonds. The van der Waals surface area contributed by atoms with Crippen LogP contribution in [0.4, 0.5) is 8.78 Å². The van der Waals surface area contributed by atoms with Crippen LogP contribution in [0.5, 0.6) is 0 Å². The minimum absolute atomic E-state index is 0.377. The minimum atomic E-state index is -1.03. The lowest BCUT2D eigenvalue weighted by molar-refractivity contribution is 0.580. The molecule has 2 aromatic carbocycles. The Kier molecular flexibility index (Phi) is 3.89. The highest BCUT2D eigenvalue weighted by Crippen LogP contribution is 2.37. The summed E-state index contributed by atoms with van der Waals surface area (Å²) < 4.78 is 38.7. The van der Waals surface area contributed by atoms with Gasteiger partial charge in [0.2, 0.25) is 0 Å². The maximum absolute atomic E-state index is 14.1. The molecule has 1 nitrogen and oxygen atoms in total. The zero-order valence-corrected chi connectivity index (χ0v) is 12.9. The summed E-state index contributed by atoms with van der Waals surface area (Å²) >= 11 is -1.03. The lowest BCUT2D eigenvalue weighted by atomic mass is 10.00. The maximum Gasteiger partial charge on any atom is 0.152 e. The van der Waals surface area contributed by atoms with Crippen LogP contribution in [0.15, 0.2) is 46.9 Å². The van der Waals surface area contributed by atoms with Gasteiger partial charge < -0.3 is 4.55 Å². The molecule has 1 atom stereocenters. The Balaban J connectivity index is 2.05. The van der Waals surface area contributed by atoms with Crippen molar-refractivity contribution in [1.82, 2.24) is 0 Å². The van der Waals surface area contributed by atoms with Gasteiger partial charge in [-0.3, -0.25) is 0 Å². The van der Waals surface area contributed by atoms with E-state index < -0.39 is 22.8 Å². The molecule has 0 aliphatic heterocycles. The summed E-state index contributed by atoms with van der Waals surface area (Å²) in [6.07, 6.45) is 6.45. The fourth-order valence-electron chi connectivity index (χ4n) is 2.51. The van der Waals surface area contributed by atoms with Crippen molar-refractivity contribution in [2.24, 2.45) is 0 Å². The predicted molar refractivity (Wildman–Crippen MR) is 84.5 cm³/mol. The van der Waals surface area contributed by atoms with Crippen molar-refractivity contribution >= 4 is 22.8 Å². The lowest BCUT2D eigenvalue weighted by Gasteiger charge is -2.07. The topological polar surface area (TPSA) is 23.1 Å². The highest BCUT2D eigenvalue weighted by atomic mass is 32.2. The standard InChI is InChI=1S/C18H13F2OS/c1-11-7-13-9-14(19)10-17(20)18(13)16(11)8-12-3-5-15(6-4-12)22(2)21/h3-6,8-10H,1-2H3/b16-8-. The van der Waals surface area contributed by atoms with Crippen LogP contribution < -0.4 is 0 Å². The number of benzene rings is 2. The number of hydrogen-bond acceptors (Lipinski definition) is 1. The van der Waals surface area contributed by atoms with Gasteiger partial charge in [-0.05, 0) is 82.9 Å². The van der Waals surface area contributed by atoms with Crippen molar-refractivity contribution < 1.29 is 13.3 Å². The van der Waals surface area contributed by atoms with Crippen LogP contribution >= 0.6 is 0 Å². The molecule has 0 N–H and O–H groups in total. The van der Waals surface area contributed by atoms with Gasteiger partial charge in [-0.1, -0.05) is 0 Å². The highest BCUT2D eigenvalue weighted by molar-refractivity contribution is 7.90. The largest absolute Gasteiger partial charge is 0.612 e. The first-order valence-electron chi connectivity index (χ1n) is 6.71. The summed E-state index contributed by atoms with van der Waals surface area (Å²) in [5.41, 5.74) is 3.14. The van der Waals surface area contributed by atoms with Crippen LogP contribution in [0.1, 0.15) is 23.6 Å². The van der Waals surface area contributed by atoms with Gasteiger partial charge in [-0.25, -0.2) is 8.78 Å². The van der Waals surface area contributed by atoms with Crippen LogP contribution in [0.2, 0.25) is 0 Å². The Morgan fingerprint density at radius 2 is 1.82 bits per heavy atom. The van der Waals surface area contributed by atoms with Gasteiger partial charge in [-0.15, -0.1) is 0 Å². The van der Waals surface area contributed by atoms with E-state index in [1.165, 1.54) is 6.07 Å². The average molecular weight is 315 g/mol. The molecule has 0 heterocycles. The first kappa shape index (κ1) is 15.0. The van der Waals surface area contributed by atoms with Gasteiger partial charge in [0.15, 0.2) is 4.90 Å². The average Bonchev–Trinajstić information content (AvgIpc) is 2.75. The summed E-state index contributed by atoms with van der Waals surface area (Å²) in [5.74, 6) is -1.19. The fourth-order valence-corrected chi connectivity index (χ4v) is 3.02. The Morgan fingerprint density at radius 3 is 2.45 bits per heavy atom. The molecule has 1 unspecified atom stereocenters. The first-order chi connectivity index (χ1) is 10.5. The van der Waals surface area contributed by atoms with Crippen molar-refractivity contribution in [2.45, 2.75) is 11.8 Å². The van der Waals surface area contributed by atoms with Crippen molar-refractivity contribution in [2.75, 3.05) is 6.26 Å². The molecule has 2 aromatic rings. The SMILES string of the molecule is CC1=[C]c2cc(F)cc(F)c2/C1=C\c1ccc([S+](C)[O-])cc1. The number of hydrogen-bond donors (Lipinski definition) is 0. The number of fused-ring (bicyclic) bond motifs is 1. The molecule has 111 valence electrons. The van der Waals surface area contributed by atoms with Gasteiger partial charge >= 0.3 is 0 Å². The molecule has 0 saturated heterocycles.